The number of hydrogen-bond donors (Lipinski definition) is 0. The van der Waals surface area contributed by atoms with Crippen LogP contribution in [0.5, 0.6) is 0 Å². The SMILES string of the molecule is C=C(C)C.C=C(C)C.C=C(C)C.C=CC.CC(C)C.CN(C)C. The Bertz CT molecular complexity index is 193. The molecule has 0 aliphatic carbocycles. The minimum atomic E-state index is 0.833. The van der Waals surface area contributed by atoms with Gasteiger partial charge < -0.3 is 4.90 Å². The average Bonchev–Trinajstić information content (AvgIpc) is 2.11. The van der Waals surface area contributed by atoms with E-state index in [0.717, 1.165) is 5.92 Å². The molecule has 1 nitrogen and oxygen atoms in total. The number of hydrogen-bond acceptors (Lipinski definition) is 1. The molecule has 0 aliphatic rings. The lowest BCUT2D eigenvalue weighted by Crippen LogP contribution is -1.99. The summed E-state index contributed by atoms with van der Waals surface area (Å²) >= 11 is 0. The normalized spacial score (nSPS) is 7.09. The highest BCUT2D eigenvalue weighted by molar-refractivity contribution is 4.79. The molecule has 0 aliphatic heterocycles. The van der Waals surface area contributed by atoms with Crippen molar-refractivity contribution in [3.8, 4) is 0 Å². The first-order valence-corrected chi connectivity index (χ1v) is 8.12. The van der Waals surface area contributed by atoms with Crippen LogP contribution in [0.4, 0.5) is 0 Å². The summed E-state index contributed by atoms with van der Waals surface area (Å²) in [7, 11) is 6.00. The molecule has 0 radical (unpaired) electrons. The highest BCUT2D eigenvalue weighted by atomic mass is 15.0. The van der Waals surface area contributed by atoms with Crippen molar-refractivity contribution in [3.05, 3.63) is 49.1 Å². The summed E-state index contributed by atoms with van der Waals surface area (Å²) in [5, 5.41) is 0. The summed E-state index contributed by atoms with van der Waals surface area (Å²) in [6.45, 7) is 34.2. The second-order valence-corrected chi connectivity index (χ2v) is 7.10. The van der Waals surface area contributed by atoms with Gasteiger partial charge in [-0.1, -0.05) is 43.6 Å². The first-order valence-electron chi connectivity index (χ1n) is 8.12. The Hall–Kier alpha value is -1.08. The molecule has 142 valence electrons. The standard InChI is InChI=1S/C4H10.3C4H8.C3H9N.C3H6/c5*1-4(2)3;1-3-2/h4H,1-3H3;3*1H2,2-3H3;1-3H3;3H,1H2,2H3. The van der Waals surface area contributed by atoms with E-state index in [-0.39, 0.29) is 0 Å². The maximum atomic E-state index is 3.56. The minimum absolute atomic E-state index is 0.833. The predicted molar refractivity (Wildman–Crippen MR) is 117 cm³/mol. The molecule has 23 heavy (non-hydrogen) atoms. The topological polar surface area (TPSA) is 3.24 Å². The van der Waals surface area contributed by atoms with Gasteiger partial charge in [-0.15, -0.1) is 26.3 Å². The highest BCUT2D eigenvalue weighted by Gasteiger charge is 1.68. The van der Waals surface area contributed by atoms with E-state index in [9.17, 15) is 0 Å². The summed E-state index contributed by atoms with van der Waals surface area (Å²) < 4.78 is 0. The van der Waals surface area contributed by atoms with E-state index in [2.05, 4.69) is 47.1 Å². The van der Waals surface area contributed by atoms with Crippen LogP contribution in [0.1, 0.15) is 69.2 Å². The highest BCUT2D eigenvalue weighted by Crippen LogP contribution is 1.81. The summed E-state index contributed by atoms with van der Waals surface area (Å²) in [5.74, 6) is 0.833. The lowest BCUT2D eigenvalue weighted by molar-refractivity contribution is 0.505. The Morgan fingerprint density at radius 1 is 0.696 bits per heavy atom. The number of rotatable bonds is 0. The van der Waals surface area contributed by atoms with Crippen LogP contribution in [0, 0.1) is 5.92 Å². The van der Waals surface area contributed by atoms with Crippen molar-refractivity contribution in [3.63, 3.8) is 0 Å². The zero-order chi connectivity index (χ0) is 20.6. The third-order valence-electron chi connectivity index (χ3n) is 0. The summed E-state index contributed by atoms with van der Waals surface area (Å²) in [4.78, 5) is 2.00. The van der Waals surface area contributed by atoms with Gasteiger partial charge in [0.25, 0.3) is 0 Å². The van der Waals surface area contributed by atoms with Crippen LogP contribution in [0.2, 0.25) is 0 Å². The van der Waals surface area contributed by atoms with Gasteiger partial charge in [-0.3, -0.25) is 0 Å². The lowest BCUT2D eigenvalue weighted by atomic mass is 10.3. The van der Waals surface area contributed by atoms with Crippen LogP contribution in [-0.2, 0) is 0 Å². The fourth-order valence-corrected chi connectivity index (χ4v) is 0. The molecule has 0 atom stereocenters. The Balaban J connectivity index is -0.0000000378. The fourth-order valence-electron chi connectivity index (χ4n) is 0. The van der Waals surface area contributed by atoms with Crippen molar-refractivity contribution < 1.29 is 0 Å². The van der Waals surface area contributed by atoms with Crippen LogP contribution in [0.3, 0.4) is 0 Å². The maximum Gasteiger partial charge on any atom is -0.0140 e. The smallest absolute Gasteiger partial charge is 0.0140 e. The van der Waals surface area contributed by atoms with Crippen molar-refractivity contribution in [2.75, 3.05) is 21.1 Å². The number of nitrogens with zero attached hydrogens (tertiary/aromatic N) is 1. The van der Waals surface area contributed by atoms with E-state index in [1.54, 1.807) is 6.08 Å². The molecule has 0 aromatic rings. The Kier molecular flexibility index (Phi) is 61.4. The first kappa shape index (κ1) is 37.9. The van der Waals surface area contributed by atoms with Crippen LogP contribution in [0.15, 0.2) is 49.1 Å². The van der Waals surface area contributed by atoms with Gasteiger partial charge in [-0.25, -0.2) is 0 Å². The first-order chi connectivity index (χ1) is 10.1. The maximum absolute atomic E-state index is 3.56. The molecular weight excluding hydrogens is 278 g/mol. The van der Waals surface area contributed by atoms with E-state index < -0.39 is 0 Å². The van der Waals surface area contributed by atoms with Gasteiger partial charge in [-0.2, -0.15) is 0 Å². The van der Waals surface area contributed by atoms with E-state index in [0.29, 0.717) is 0 Å². The van der Waals surface area contributed by atoms with Gasteiger partial charge in [0.2, 0.25) is 0 Å². The second-order valence-electron chi connectivity index (χ2n) is 7.10. The molecule has 0 saturated carbocycles. The summed E-state index contributed by atoms with van der Waals surface area (Å²) in [6.07, 6.45) is 1.75. The largest absolute Gasteiger partial charge is 0.312 e. The average molecular weight is 328 g/mol. The molecule has 0 heterocycles. The molecular formula is C22H49N. The van der Waals surface area contributed by atoms with E-state index in [4.69, 9.17) is 0 Å². The summed E-state index contributed by atoms with van der Waals surface area (Å²) in [5.41, 5.74) is 3.50. The van der Waals surface area contributed by atoms with Crippen LogP contribution in [-0.4, -0.2) is 26.0 Å². The van der Waals surface area contributed by atoms with Crippen LogP contribution < -0.4 is 0 Å². The van der Waals surface area contributed by atoms with Crippen molar-refractivity contribution in [2.45, 2.75) is 69.2 Å². The molecule has 0 bridgehead atoms. The molecule has 1 heteroatoms. The van der Waals surface area contributed by atoms with Crippen LogP contribution in [0.25, 0.3) is 0 Å². The quantitative estimate of drug-likeness (QED) is 0.410. The third-order valence-corrected chi connectivity index (χ3v) is 0. The second kappa shape index (κ2) is 37.3. The monoisotopic (exact) mass is 327 g/mol. The van der Waals surface area contributed by atoms with E-state index in [1.165, 1.54) is 16.7 Å². The number of allylic oxidation sites excluding steroid dienone is 4. The van der Waals surface area contributed by atoms with Crippen molar-refractivity contribution in [2.24, 2.45) is 5.92 Å². The fraction of sp³-hybridized carbons (Fsp3) is 0.636. The zero-order valence-electron chi connectivity index (χ0n) is 18.9. The van der Waals surface area contributed by atoms with Gasteiger partial charge in [-0.05, 0) is 75.5 Å². The molecule has 0 aromatic carbocycles. The molecule has 0 unspecified atom stereocenters. The Morgan fingerprint density at radius 2 is 0.696 bits per heavy atom. The van der Waals surface area contributed by atoms with Gasteiger partial charge in [0.05, 0.1) is 0 Å². The molecule has 0 fully saturated rings. The Labute approximate surface area is 150 Å². The predicted octanol–water partition coefficient (Wildman–Crippen LogP) is 7.78. The van der Waals surface area contributed by atoms with Gasteiger partial charge in [0.1, 0.15) is 0 Å². The third kappa shape index (κ3) is 6420. The van der Waals surface area contributed by atoms with Gasteiger partial charge in [0.15, 0.2) is 0 Å². The lowest BCUT2D eigenvalue weighted by Gasteiger charge is -1.90. The molecule has 0 spiro atoms. The summed E-state index contributed by atoms with van der Waals surface area (Å²) in [6, 6.07) is 0. The zero-order valence-corrected chi connectivity index (χ0v) is 18.9. The molecule has 0 amide bonds. The minimum Gasteiger partial charge on any atom is -0.312 e. The van der Waals surface area contributed by atoms with E-state index in [1.807, 2.05) is 74.5 Å². The van der Waals surface area contributed by atoms with Crippen LogP contribution >= 0.6 is 0 Å². The van der Waals surface area contributed by atoms with Gasteiger partial charge >= 0.3 is 0 Å². The van der Waals surface area contributed by atoms with Gasteiger partial charge in [0, 0.05) is 0 Å². The molecule has 0 saturated heterocycles. The van der Waals surface area contributed by atoms with Crippen molar-refractivity contribution >= 4 is 0 Å². The molecule has 0 aromatic heterocycles. The van der Waals surface area contributed by atoms with E-state index >= 15 is 0 Å². The van der Waals surface area contributed by atoms with Crippen molar-refractivity contribution in [1.29, 1.82) is 0 Å². The molecule has 0 N–H and O–H groups in total. The molecule has 0 rings (SSSR count). The Morgan fingerprint density at radius 3 is 0.696 bits per heavy atom. The van der Waals surface area contributed by atoms with Crippen molar-refractivity contribution in [1.82, 2.24) is 4.90 Å².